The summed E-state index contributed by atoms with van der Waals surface area (Å²) in [6.07, 6.45) is 0. The number of nitrogens with one attached hydrogen (secondary N) is 1. The first-order valence-corrected chi connectivity index (χ1v) is 6.68. The highest BCUT2D eigenvalue weighted by molar-refractivity contribution is 5.53. The fourth-order valence-corrected chi connectivity index (χ4v) is 2.15. The molecule has 0 saturated heterocycles. The van der Waals surface area contributed by atoms with Crippen molar-refractivity contribution in [1.29, 1.82) is 0 Å². The van der Waals surface area contributed by atoms with Crippen molar-refractivity contribution in [2.45, 2.75) is 20.1 Å². The van der Waals surface area contributed by atoms with E-state index in [9.17, 15) is 0 Å². The lowest BCUT2D eigenvalue weighted by Gasteiger charge is -2.11. The van der Waals surface area contributed by atoms with Crippen LogP contribution in [0.3, 0.4) is 0 Å². The summed E-state index contributed by atoms with van der Waals surface area (Å²) in [5.41, 5.74) is 4.74. The Morgan fingerprint density at radius 3 is 2.50 bits per heavy atom. The molecule has 20 heavy (non-hydrogen) atoms. The molecule has 3 heteroatoms. The van der Waals surface area contributed by atoms with Gasteiger partial charge in [-0.15, -0.1) is 0 Å². The van der Waals surface area contributed by atoms with Crippen LogP contribution in [0.4, 0.5) is 5.69 Å². The van der Waals surface area contributed by atoms with E-state index in [-0.39, 0.29) is 0 Å². The Balaban J connectivity index is 2.03. The monoisotopic (exact) mass is 271 g/mol. The lowest BCUT2D eigenvalue weighted by Crippen LogP contribution is -2.02. The molecule has 1 N–H and O–H groups in total. The second kappa shape index (κ2) is 6.96. The molecule has 0 radical (unpaired) electrons. The van der Waals surface area contributed by atoms with Gasteiger partial charge in [-0.05, 0) is 41.8 Å². The van der Waals surface area contributed by atoms with E-state index < -0.39 is 0 Å². The average Bonchev–Trinajstić information content (AvgIpc) is 2.46. The molecule has 0 fully saturated rings. The van der Waals surface area contributed by atoms with E-state index in [1.54, 1.807) is 14.2 Å². The molecular weight excluding hydrogens is 250 g/mol. The maximum atomic E-state index is 5.21. The van der Waals surface area contributed by atoms with Crippen LogP contribution in [0.2, 0.25) is 0 Å². The van der Waals surface area contributed by atoms with Crippen molar-refractivity contribution >= 4 is 5.69 Å². The summed E-state index contributed by atoms with van der Waals surface area (Å²) >= 11 is 0. The maximum Gasteiger partial charge on any atom is 0.119 e. The van der Waals surface area contributed by atoms with Gasteiger partial charge in [0.2, 0.25) is 0 Å². The van der Waals surface area contributed by atoms with E-state index in [0.717, 1.165) is 18.0 Å². The molecule has 0 unspecified atom stereocenters. The first-order chi connectivity index (χ1) is 9.72. The largest absolute Gasteiger partial charge is 0.497 e. The summed E-state index contributed by atoms with van der Waals surface area (Å²) in [5, 5.41) is 3.45. The van der Waals surface area contributed by atoms with Crippen LogP contribution in [0.15, 0.2) is 42.5 Å². The molecule has 0 saturated carbocycles. The lowest BCUT2D eigenvalue weighted by molar-refractivity contribution is 0.185. The number of aryl methyl sites for hydroxylation is 1. The smallest absolute Gasteiger partial charge is 0.119 e. The van der Waals surface area contributed by atoms with Crippen LogP contribution in [0.25, 0.3) is 0 Å². The predicted octanol–water partition coefficient (Wildman–Crippen LogP) is 3.76. The Morgan fingerprint density at radius 1 is 1.00 bits per heavy atom. The van der Waals surface area contributed by atoms with Gasteiger partial charge in [0.25, 0.3) is 0 Å². The molecule has 106 valence electrons. The summed E-state index contributed by atoms with van der Waals surface area (Å²) in [5.74, 6) is 0.884. The molecule has 0 heterocycles. The quantitative estimate of drug-likeness (QED) is 0.867. The Labute approximate surface area is 120 Å². The minimum atomic E-state index is 0.648. The Kier molecular flexibility index (Phi) is 5.02. The number of hydrogen-bond donors (Lipinski definition) is 1. The van der Waals surface area contributed by atoms with Gasteiger partial charge in [-0.2, -0.15) is 0 Å². The number of ether oxygens (including phenoxy) is 2. The molecule has 0 bridgehead atoms. The van der Waals surface area contributed by atoms with Crippen molar-refractivity contribution in [2.24, 2.45) is 0 Å². The van der Waals surface area contributed by atoms with E-state index in [1.165, 1.54) is 16.7 Å². The van der Waals surface area contributed by atoms with Crippen molar-refractivity contribution in [3.63, 3.8) is 0 Å². The van der Waals surface area contributed by atoms with Crippen molar-refractivity contribution < 1.29 is 9.47 Å². The highest BCUT2D eigenvalue weighted by atomic mass is 16.5. The van der Waals surface area contributed by atoms with Crippen LogP contribution >= 0.6 is 0 Å². The fraction of sp³-hybridized carbons (Fsp3) is 0.294. The fourth-order valence-electron chi connectivity index (χ4n) is 2.15. The number of anilines is 1. The van der Waals surface area contributed by atoms with Gasteiger partial charge in [0, 0.05) is 19.3 Å². The van der Waals surface area contributed by atoms with E-state index in [0.29, 0.717) is 6.61 Å². The summed E-state index contributed by atoms with van der Waals surface area (Å²) in [4.78, 5) is 0. The Bertz CT molecular complexity index is 567. The van der Waals surface area contributed by atoms with Gasteiger partial charge in [0.05, 0.1) is 13.7 Å². The summed E-state index contributed by atoms with van der Waals surface area (Å²) in [6, 6.07) is 14.5. The molecule has 0 amide bonds. The third-order valence-corrected chi connectivity index (χ3v) is 3.22. The third kappa shape index (κ3) is 3.75. The highest BCUT2D eigenvalue weighted by Gasteiger charge is 2.01. The summed E-state index contributed by atoms with van der Waals surface area (Å²) < 4.78 is 10.4. The van der Waals surface area contributed by atoms with Gasteiger partial charge in [-0.3, -0.25) is 0 Å². The second-order valence-electron chi connectivity index (χ2n) is 4.79. The molecule has 0 aliphatic heterocycles. The van der Waals surface area contributed by atoms with Gasteiger partial charge in [0.15, 0.2) is 0 Å². The molecule has 0 aromatic heterocycles. The standard InChI is InChI=1S/C17H21NO2/c1-13-9-16(20-3)7-8-17(13)18-11-14-5-4-6-15(10-14)12-19-2/h4-10,18H,11-12H2,1-3H3. The van der Waals surface area contributed by atoms with E-state index >= 15 is 0 Å². The van der Waals surface area contributed by atoms with Gasteiger partial charge in [0.1, 0.15) is 5.75 Å². The van der Waals surface area contributed by atoms with Gasteiger partial charge >= 0.3 is 0 Å². The maximum absolute atomic E-state index is 5.21. The van der Waals surface area contributed by atoms with E-state index in [1.807, 2.05) is 18.2 Å². The minimum Gasteiger partial charge on any atom is -0.497 e. The molecule has 2 aromatic carbocycles. The van der Waals surface area contributed by atoms with Crippen LogP contribution in [-0.2, 0) is 17.9 Å². The number of methoxy groups -OCH3 is 2. The summed E-state index contributed by atoms with van der Waals surface area (Å²) in [6.45, 7) is 3.52. The molecule has 0 spiro atoms. The van der Waals surface area contributed by atoms with E-state index in [4.69, 9.17) is 9.47 Å². The number of hydrogen-bond acceptors (Lipinski definition) is 3. The zero-order valence-electron chi connectivity index (χ0n) is 12.3. The molecule has 0 aliphatic carbocycles. The van der Waals surface area contributed by atoms with Crippen LogP contribution in [0, 0.1) is 6.92 Å². The van der Waals surface area contributed by atoms with Crippen molar-refractivity contribution in [1.82, 2.24) is 0 Å². The predicted molar refractivity (Wildman–Crippen MR) is 82.2 cm³/mol. The molecule has 2 rings (SSSR count). The number of rotatable bonds is 6. The van der Waals surface area contributed by atoms with Gasteiger partial charge in [-0.1, -0.05) is 24.3 Å². The SMILES string of the molecule is COCc1cccc(CNc2ccc(OC)cc2C)c1. The molecule has 3 nitrogen and oxygen atoms in total. The minimum absolute atomic E-state index is 0.648. The van der Waals surface area contributed by atoms with Crippen LogP contribution in [-0.4, -0.2) is 14.2 Å². The first kappa shape index (κ1) is 14.4. The lowest BCUT2D eigenvalue weighted by atomic mass is 10.1. The number of benzene rings is 2. The van der Waals surface area contributed by atoms with Gasteiger partial charge in [-0.25, -0.2) is 0 Å². The van der Waals surface area contributed by atoms with E-state index in [2.05, 4.69) is 36.5 Å². The zero-order valence-corrected chi connectivity index (χ0v) is 12.3. The van der Waals surface area contributed by atoms with Crippen LogP contribution in [0.1, 0.15) is 16.7 Å². The molecule has 0 atom stereocenters. The van der Waals surface area contributed by atoms with Crippen LogP contribution in [0.5, 0.6) is 5.75 Å². The van der Waals surface area contributed by atoms with Crippen molar-refractivity contribution in [3.05, 3.63) is 59.2 Å². The molecule has 2 aromatic rings. The van der Waals surface area contributed by atoms with Crippen molar-refractivity contribution in [2.75, 3.05) is 19.5 Å². The molecule has 0 aliphatic rings. The first-order valence-electron chi connectivity index (χ1n) is 6.68. The summed E-state index contributed by atoms with van der Waals surface area (Å²) in [7, 11) is 3.40. The molecular formula is C17H21NO2. The topological polar surface area (TPSA) is 30.5 Å². The highest BCUT2D eigenvalue weighted by Crippen LogP contribution is 2.21. The van der Waals surface area contributed by atoms with Crippen molar-refractivity contribution in [3.8, 4) is 5.75 Å². The second-order valence-corrected chi connectivity index (χ2v) is 4.79. The average molecular weight is 271 g/mol. The normalized spacial score (nSPS) is 10.3. The Morgan fingerprint density at radius 2 is 1.80 bits per heavy atom. The third-order valence-electron chi connectivity index (χ3n) is 3.22. The zero-order chi connectivity index (χ0) is 14.4. The Hall–Kier alpha value is -2.00. The van der Waals surface area contributed by atoms with Gasteiger partial charge < -0.3 is 14.8 Å². The van der Waals surface area contributed by atoms with Crippen LogP contribution < -0.4 is 10.1 Å².